The molecule has 1 aromatic heterocycles. The average Bonchev–Trinajstić information content (AvgIpc) is 2.55. The number of hydrogen-bond donors (Lipinski definition) is 1. The van der Waals surface area contributed by atoms with Gasteiger partial charge in [0.15, 0.2) is 0 Å². The van der Waals surface area contributed by atoms with E-state index in [1.54, 1.807) is 11.7 Å². The smallest absolute Gasteiger partial charge is 0.263 e. The van der Waals surface area contributed by atoms with Gasteiger partial charge < -0.3 is 5.32 Å². The van der Waals surface area contributed by atoms with Gasteiger partial charge in [0.1, 0.15) is 4.88 Å². The number of amides is 1. The van der Waals surface area contributed by atoms with Gasteiger partial charge in [0.25, 0.3) is 5.91 Å². The van der Waals surface area contributed by atoms with E-state index in [1.807, 2.05) is 19.9 Å². The summed E-state index contributed by atoms with van der Waals surface area (Å²) in [5.41, 5.74) is 2.85. The molecule has 0 saturated carbocycles. The maximum absolute atomic E-state index is 11.3. The van der Waals surface area contributed by atoms with Crippen molar-refractivity contribution in [3.8, 4) is 0 Å². The first-order valence-corrected chi connectivity index (χ1v) is 4.88. The fourth-order valence-corrected chi connectivity index (χ4v) is 1.30. The van der Waals surface area contributed by atoms with E-state index in [-0.39, 0.29) is 5.91 Å². The molecule has 0 spiro atoms. The summed E-state index contributed by atoms with van der Waals surface area (Å²) in [7, 11) is 0. The van der Waals surface area contributed by atoms with Crippen molar-refractivity contribution in [2.75, 3.05) is 6.54 Å². The van der Waals surface area contributed by atoms with Crippen LogP contribution in [0, 0.1) is 0 Å². The zero-order valence-corrected chi connectivity index (χ0v) is 8.52. The maximum atomic E-state index is 11.3. The first-order chi connectivity index (χ1) is 6.20. The van der Waals surface area contributed by atoms with Gasteiger partial charge in [0, 0.05) is 6.54 Å². The number of nitrogens with one attached hydrogen (secondary N) is 1. The number of thiazole rings is 1. The van der Waals surface area contributed by atoms with Gasteiger partial charge in [0.2, 0.25) is 0 Å². The fraction of sp³-hybridized carbons (Fsp3) is 0.333. The Hall–Kier alpha value is -1.16. The molecule has 0 unspecified atom stereocenters. The molecule has 0 fully saturated rings. The van der Waals surface area contributed by atoms with Crippen LogP contribution in [0.2, 0.25) is 0 Å². The van der Waals surface area contributed by atoms with Gasteiger partial charge in [-0.3, -0.25) is 9.78 Å². The number of allylic oxidation sites excluding steroid dienone is 1. The second kappa shape index (κ2) is 4.77. The van der Waals surface area contributed by atoms with Gasteiger partial charge in [-0.2, -0.15) is 0 Å². The molecule has 1 heterocycles. The molecular formula is C9H12N2OS. The lowest BCUT2D eigenvalue weighted by Gasteiger charge is -1.98. The summed E-state index contributed by atoms with van der Waals surface area (Å²) < 4.78 is 0. The Morgan fingerprint density at radius 1 is 1.69 bits per heavy atom. The molecule has 1 rings (SSSR count). The number of carbonyl (C=O) groups is 1. The average molecular weight is 196 g/mol. The van der Waals surface area contributed by atoms with Crippen LogP contribution in [0.15, 0.2) is 23.4 Å². The van der Waals surface area contributed by atoms with Crippen LogP contribution < -0.4 is 5.32 Å². The molecule has 0 aromatic carbocycles. The molecule has 0 aliphatic carbocycles. The Labute approximate surface area is 81.5 Å². The summed E-state index contributed by atoms with van der Waals surface area (Å²) in [5, 5.41) is 2.77. The predicted octanol–water partition coefficient (Wildman–Crippen LogP) is 1.84. The van der Waals surface area contributed by atoms with E-state index in [0.29, 0.717) is 11.4 Å². The Bertz CT molecular complexity index is 299. The SMILES string of the molecule is CC(C)=CCNC(=O)c1cncs1. The van der Waals surface area contributed by atoms with Crippen molar-refractivity contribution in [1.82, 2.24) is 10.3 Å². The minimum atomic E-state index is -0.0556. The first-order valence-electron chi connectivity index (χ1n) is 4.00. The largest absolute Gasteiger partial charge is 0.348 e. The van der Waals surface area contributed by atoms with Crippen molar-refractivity contribution in [1.29, 1.82) is 0 Å². The molecule has 13 heavy (non-hydrogen) atoms. The zero-order valence-electron chi connectivity index (χ0n) is 7.70. The van der Waals surface area contributed by atoms with Crippen LogP contribution >= 0.6 is 11.3 Å². The van der Waals surface area contributed by atoms with Crippen LogP contribution in [0.25, 0.3) is 0 Å². The number of rotatable bonds is 3. The van der Waals surface area contributed by atoms with Crippen molar-refractivity contribution < 1.29 is 4.79 Å². The van der Waals surface area contributed by atoms with E-state index >= 15 is 0 Å². The predicted molar refractivity (Wildman–Crippen MR) is 53.9 cm³/mol. The third kappa shape index (κ3) is 3.38. The normalized spacial score (nSPS) is 9.38. The molecule has 0 saturated heterocycles. The van der Waals surface area contributed by atoms with Crippen LogP contribution in [0.3, 0.4) is 0 Å². The highest BCUT2D eigenvalue weighted by Crippen LogP contribution is 2.04. The Morgan fingerprint density at radius 3 is 3.00 bits per heavy atom. The van der Waals surface area contributed by atoms with E-state index < -0.39 is 0 Å². The highest BCUT2D eigenvalue weighted by Gasteiger charge is 2.04. The standard InChI is InChI=1S/C9H12N2OS/c1-7(2)3-4-11-9(12)8-5-10-6-13-8/h3,5-6H,4H2,1-2H3,(H,11,12). The molecule has 0 aliphatic heterocycles. The van der Waals surface area contributed by atoms with Gasteiger partial charge in [-0.25, -0.2) is 0 Å². The zero-order chi connectivity index (χ0) is 9.68. The van der Waals surface area contributed by atoms with Crippen molar-refractivity contribution >= 4 is 17.2 Å². The van der Waals surface area contributed by atoms with E-state index in [1.165, 1.54) is 16.9 Å². The Kier molecular flexibility index (Phi) is 3.64. The molecule has 1 N–H and O–H groups in total. The monoisotopic (exact) mass is 196 g/mol. The van der Waals surface area contributed by atoms with Crippen LogP contribution in [-0.4, -0.2) is 17.4 Å². The van der Waals surface area contributed by atoms with Gasteiger partial charge in [-0.1, -0.05) is 11.6 Å². The third-order valence-electron chi connectivity index (χ3n) is 1.43. The van der Waals surface area contributed by atoms with E-state index in [4.69, 9.17) is 0 Å². The van der Waals surface area contributed by atoms with Gasteiger partial charge in [0.05, 0.1) is 11.7 Å². The van der Waals surface area contributed by atoms with Crippen LogP contribution in [-0.2, 0) is 0 Å². The van der Waals surface area contributed by atoms with Crippen LogP contribution in [0.5, 0.6) is 0 Å². The van der Waals surface area contributed by atoms with Crippen molar-refractivity contribution in [2.45, 2.75) is 13.8 Å². The third-order valence-corrected chi connectivity index (χ3v) is 2.20. The Morgan fingerprint density at radius 2 is 2.46 bits per heavy atom. The summed E-state index contributed by atoms with van der Waals surface area (Å²) in [6.07, 6.45) is 3.54. The van der Waals surface area contributed by atoms with Crippen molar-refractivity contribution in [3.05, 3.63) is 28.2 Å². The summed E-state index contributed by atoms with van der Waals surface area (Å²) in [6.45, 7) is 4.58. The number of carbonyl (C=O) groups excluding carboxylic acids is 1. The molecule has 0 bridgehead atoms. The molecule has 0 aliphatic rings. The lowest BCUT2D eigenvalue weighted by molar-refractivity contribution is 0.0962. The lowest BCUT2D eigenvalue weighted by Crippen LogP contribution is -2.22. The number of nitrogens with zero attached hydrogens (tertiary/aromatic N) is 1. The van der Waals surface area contributed by atoms with E-state index in [9.17, 15) is 4.79 Å². The van der Waals surface area contributed by atoms with Crippen LogP contribution in [0.4, 0.5) is 0 Å². The minimum absolute atomic E-state index is 0.0556. The second-order valence-electron chi connectivity index (χ2n) is 2.86. The highest BCUT2D eigenvalue weighted by molar-refractivity contribution is 7.11. The van der Waals surface area contributed by atoms with E-state index in [0.717, 1.165) is 0 Å². The Balaban J connectivity index is 2.39. The molecule has 4 heteroatoms. The van der Waals surface area contributed by atoms with E-state index in [2.05, 4.69) is 10.3 Å². The maximum Gasteiger partial charge on any atom is 0.263 e. The molecule has 0 radical (unpaired) electrons. The molecular weight excluding hydrogens is 184 g/mol. The van der Waals surface area contributed by atoms with Crippen LogP contribution in [0.1, 0.15) is 23.5 Å². The molecule has 3 nitrogen and oxygen atoms in total. The second-order valence-corrected chi connectivity index (χ2v) is 3.74. The number of hydrogen-bond acceptors (Lipinski definition) is 3. The van der Waals surface area contributed by atoms with Gasteiger partial charge in [-0.05, 0) is 13.8 Å². The lowest BCUT2D eigenvalue weighted by atomic mass is 10.3. The topological polar surface area (TPSA) is 42.0 Å². The molecule has 1 aromatic rings. The summed E-state index contributed by atoms with van der Waals surface area (Å²) in [5.74, 6) is -0.0556. The van der Waals surface area contributed by atoms with Crippen molar-refractivity contribution in [3.63, 3.8) is 0 Å². The summed E-state index contributed by atoms with van der Waals surface area (Å²) in [4.78, 5) is 15.8. The van der Waals surface area contributed by atoms with Crippen molar-refractivity contribution in [2.24, 2.45) is 0 Å². The fourth-order valence-electron chi connectivity index (χ4n) is 0.763. The molecule has 70 valence electrons. The van der Waals surface area contributed by atoms with Gasteiger partial charge >= 0.3 is 0 Å². The quantitative estimate of drug-likeness (QED) is 0.749. The summed E-state index contributed by atoms with van der Waals surface area (Å²) in [6, 6.07) is 0. The number of aromatic nitrogens is 1. The molecule has 0 atom stereocenters. The minimum Gasteiger partial charge on any atom is -0.348 e. The van der Waals surface area contributed by atoms with Gasteiger partial charge in [-0.15, -0.1) is 11.3 Å². The summed E-state index contributed by atoms with van der Waals surface area (Å²) >= 11 is 1.35. The molecule has 1 amide bonds. The first kappa shape index (κ1) is 9.92. The highest BCUT2D eigenvalue weighted by atomic mass is 32.1.